The minimum absolute atomic E-state index is 0.00495. The van der Waals surface area contributed by atoms with Gasteiger partial charge in [-0.05, 0) is 43.4 Å². The van der Waals surface area contributed by atoms with Crippen LogP contribution in [0, 0.1) is 5.92 Å². The van der Waals surface area contributed by atoms with Gasteiger partial charge in [0, 0.05) is 33.9 Å². The standard InChI is InChI=1S/C16H23ClN2O2S/c1-11(10-22(2)21)18-16(20)19-15(12-4-3-5-12)13-6-8-14(17)9-7-13/h6-9,11-12,15H,3-5,10H2,1-2H3,(H2,18,19,20). The molecule has 2 amide bonds. The molecule has 1 aromatic rings. The fraction of sp³-hybridized carbons (Fsp3) is 0.562. The first kappa shape index (κ1) is 17.3. The lowest BCUT2D eigenvalue weighted by Gasteiger charge is -2.35. The van der Waals surface area contributed by atoms with Gasteiger partial charge in [0.05, 0.1) is 6.04 Å². The fourth-order valence-electron chi connectivity index (χ4n) is 2.72. The molecule has 6 heteroatoms. The summed E-state index contributed by atoms with van der Waals surface area (Å²) in [5, 5.41) is 6.62. The predicted octanol–water partition coefficient (Wildman–Crippen LogP) is 3.25. The highest BCUT2D eigenvalue weighted by atomic mass is 35.5. The molecular formula is C16H23ClN2O2S. The molecule has 4 nitrogen and oxygen atoms in total. The monoisotopic (exact) mass is 342 g/mol. The van der Waals surface area contributed by atoms with Crippen LogP contribution in [0.25, 0.3) is 0 Å². The highest BCUT2D eigenvalue weighted by Gasteiger charge is 2.30. The van der Waals surface area contributed by atoms with Gasteiger partial charge < -0.3 is 10.6 Å². The van der Waals surface area contributed by atoms with Crippen LogP contribution in [0.1, 0.15) is 37.8 Å². The van der Waals surface area contributed by atoms with Crippen LogP contribution in [-0.2, 0) is 10.8 Å². The maximum absolute atomic E-state index is 12.2. The number of halogens is 1. The van der Waals surface area contributed by atoms with Crippen LogP contribution in [0.4, 0.5) is 4.79 Å². The molecule has 1 fully saturated rings. The predicted molar refractivity (Wildman–Crippen MR) is 91.6 cm³/mol. The van der Waals surface area contributed by atoms with E-state index in [0.29, 0.717) is 16.7 Å². The van der Waals surface area contributed by atoms with Gasteiger partial charge in [-0.1, -0.05) is 30.2 Å². The van der Waals surface area contributed by atoms with Crippen LogP contribution in [-0.4, -0.2) is 28.3 Å². The van der Waals surface area contributed by atoms with Crippen LogP contribution < -0.4 is 10.6 Å². The summed E-state index contributed by atoms with van der Waals surface area (Å²) in [5.41, 5.74) is 1.08. The van der Waals surface area contributed by atoms with E-state index in [0.717, 1.165) is 18.4 Å². The highest BCUT2D eigenvalue weighted by molar-refractivity contribution is 7.84. The Hall–Kier alpha value is -1.07. The zero-order valence-electron chi connectivity index (χ0n) is 13.0. The maximum atomic E-state index is 12.2. The smallest absolute Gasteiger partial charge is 0.315 e. The van der Waals surface area contributed by atoms with Gasteiger partial charge in [0.1, 0.15) is 0 Å². The Morgan fingerprint density at radius 1 is 1.32 bits per heavy atom. The summed E-state index contributed by atoms with van der Waals surface area (Å²) in [5.74, 6) is 0.935. The summed E-state index contributed by atoms with van der Waals surface area (Å²) in [6, 6.07) is 7.33. The third kappa shape index (κ3) is 4.99. The number of nitrogens with one attached hydrogen (secondary N) is 2. The molecule has 1 aliphatic carbocycles. The topological polar surface area (TPSA) is 58.2 Å². The SMILES string of the molecule is CC(CS(C)=O)NC(=O)NC(c1ccc(Cl)cc1)C1CCC1. The largest absolute Gasteiger partial charge is 0.335 e. The van der Waals surface area contributed by atoms with Gasteiger partial charge in [-0.25, -0.2) is 4.79 Å². The summed E-state index contributed by atoms with van der Waals surface area (Å²) < 4.78 is 11.2. The molecule has 122 valence electrons. The fourth-order valence-corrected chi connectivity index (χ4v) is 3.63. The Balaban J connectivity index is 1.99. The lowest BCUT2D eigenvalue weighted by Crippen LogP contribution is -2.46. The number of hydrogen-bond acceptors (Lipinski definition) is 2. The molecule has 2 rings (SSSR count). The van der Waals surface area contributed by atoms with Crippen LogP contribution in [0.3, 0.4) is 0 Å². The van der Waals surface area contributed by atoms with Gasteiger partial charge in [0.15, 0.2) is 0 Å². The summed E-state index contributed by atoms with van der Waals surface area (Å²) in [6.07, 6.45) is 5.11. The Labute approximate surface area is 139 Å². The van der Waals surface area contributed by atoms with Gasteiger partial charge in [0.2, 0.25) is 0 Å². The molecule has 1 aromatic carbocycles. The Morgan fingerprint density at radius 2 is 1.95 bits per heavy atom. The maximum Gasteiger partial charge on any atom is 0.315 e. The Kier molecular flexibility index (Phi) is 6.26. The molecular weight excluding hydrogens is 320 g/mol. The molecule has 0 aromatic heterocycles. The van der Waals surface area contributed by atoms with Crippen LogP contribution >= 0.6 is 11.6 Å². The van der Waals surface area contributed by atoms with Crippen molar-refractivity contribution in [1.29, 1.82) is 0 Å². The number of carbonyl (C=O) groups is 1. The van der Waals surface area contributed by atoms with Gasteiger partial charge in [-0.2, -0.15) is 0 Å². The van der Waals surface area contributed by atoms with Crippen molar-refractivity contribution < 1.29 is 9.00 Å². The first-order valence-corrected chi connectivity index (χ1v) is 9.68. The average Bonchev–Trinajstić information content (AvgIpc) is 2.35. The van der Waals surface area contributed by atoms with E-state index >= 15 is 0 Å². The molecule has 3 atom stereocenters. The third-order valence-corrected chi connectivity index (χ3v) is 5.22. The third-order valence-electron chi connectivity index (χ3n) is 4.00. The van der Waals surface area contributed by atoms with Crippen molar-refractivity contribution in [3.63, 3.8) is 0 Å². The molecule has 0 saturated heterocycles. The van der Waals surface area contributed by atoms with Gasteiger partial charge >= 0.3 is 6.03 Å². The number of benzene rings is 1. The zero-order chi connectivity index (χ0) is 16.1. The first-order chi connectivity index (χ1) is 10.5. The molecule has 0 spiro atoms. The summed E-state index contributed by atoms with van der Waals surface area (Å²) >= 11 is 5.94. The Bertz CT molecular complexity index is 531. The van der Waals surface area contributed by atoms with E-state index in [1.54, 1.807) is 6.26 Å². The lowest BCUT2D eigenvalue weighted by atomic mass is 9.77. The van der Waals surface area contributed by atoms with Crippen molar-refractivity contribution in [2.75, 3.05) is 12.0 Å². The number of urea groups is 1. The lowest BCUT2D eigenvalue weighted by molar-refractivity contribution is 0.206. The summed E-state index contributed by atoms with van der Waals surface area (Å²) in [7, 11) is -0.920. The van der Waals surface area contributed by atoms with Crippen molar-refractivity contribution in [2.45, 2.75) is 38.3 Å². The van der Waals surface area contributed by atoms with Gasteiger partial charge in [0.25, 0.3) is 0 Å². The van der Waals surface area contributed by atoms with Crippen LogP contribution in [0.15, 0.2) is 24.3 Å². The molecule has 2 N–H and O–H groups in total. The van der Waals surface area contributed by atoms with Crippen molar-refractivity contribution in [3.8, 4) is 0 Å². The second kappa shape index (κ2) is 7.97. The van der Waals surface area contributed by atoms with Gasteiger partial charge in [-0.15, -0.1) is 0 Å². The molecule has 3 unspecified atom stereocenters. The average molecular weight is 343 g/mol. The molecule has 0 aliphatic heterocycles. The molecule has 1 aliphatic rings. The molecule has 22 heavy (non-hydrogen) atoms. The van der Waals surface area contributed by atoms with Crippen molar-refractivity contribution in [3.05, 3.63) is 34.9 Å². The number of rotatable bonds is 6. The van der Waals surface area contributed by atoms with E-state index in [1.165, 1.54) is 6.42 Å². The van der Waals surface area contributed by atoms with E-state index in [1.807, 2.05) is 31.2 Å². The van der Waals surface area contributed by atoms with Crippen LogP contribution in [0.2, 0.25) is 5.02 Å². The first-order valence-electron chi connectivity index (χ1n) is 7.58. The van der Waals surface area contributed by atoms with Gasteiger partial charge in [-0.3, -0.25) is 4.21 Å². The number of amides is 2. The van der Waals surface area contributed by atoms with E-state index in [4.69, 9.17) is 11.6 Å². The Morgan fingerprint density at radius 3 is 2.45 bits per heavy atom. The molecule has 0 bridgehead atoms. The number of carbonyl (C=O) groups excluding carboxylic acids is 1. The van der Waals surface area contributed by atoms with E-state index in [2.05, 4.69) is 10.6 Å². The highest BCUT2D eigenvalue weighted by Crippen LogP contribution is 2.37. The van der Waals surface area contributed by atoms with E-state index < -0.39 is 10.8 Å². The number of hydrogen-bond donors (Lipinski definition) is 2. The molecule has 0 heterocycles. The second-order valence-corrected chi connectivity index (χ2v) is 7.90. The zero-order valence-corrected chi connectivity index (χ0v) is 14.5. The molecule has 0 radical (unpaired) electrons. The van der Waals surface area contributed by atoms with Crippen LogP contribution in [0.5, 0.6) is 0 Å². The normalized spacial score (nSPS) is 18.9. The minimum atomic E-state index is -0.920. The minimum Gasteiger partial charge on any atom is -0.335 e. The summed E-state index contributed by atoms with van der Waals surface area (Å²) in [4.78, 5) is 12.2. The summed E-state index contributed by atoms with van der Waals surface area (Å²) in [6.45, 7) is 1.86. The second-order valence-electron chi connectivity index (χ2n) is 5.98. The van der Waals surface area contributed by atoms with Crippen molar-refractivity contribution >= 4 is 28.4 Å². The van der Waals surface area contributed by atoms with Crippen molar-refractivity contribution in [1.82, 2.24) is 10.6 Å². The van der Waals surface area contributed by atoms with Crippen molar-refractivity contribution in [2.24, 2.45) is 5.92 Å². The quantitative estimate of drug-likeness (QED) is 0.833. The van der Waals surface area contributed by atoms with E-state index in [-0.39, 0.29) is 18.1 Å². The van der Waals surface area contributed by atoms with E-state index in [9.17, 15) is 9.00 Å². The molecule has 1 saturated carbocycles.